The van der Waals surface area contributed by atoms with Crippen molar-refractivity contribution in [1.29, 1.82) is 0 Å². The van der Waals surface area contributed by atoms with Crippen LogP contribution in [-0.2, 0) is 6.42 Å². The lowest BCUT2D eigenvalue weighted by molar-refractivity contribution is -0.385. The van der Waals surface area contributed by atoms with E-state index in [1.807, 2.05) is 0 Å². The molecule has 0 unspecified atom stereocenters. The van der Waals surface area contributed by atoms with E-state index < -0.39 is 17.0 Å². The first-order valence-electron chi connectivity index (χ1n) is 4.92. The predicted molar refractivity (Wildman–Crippen MR) is 61.9 cm³/mol. The summed E-state index contributed by atoms with van der Waals surface area (Å²) in [5.41, 5.74) is 0.0201. The summed E-state index contributed by atoms with van der Waals surface area (Å²) in [7, 11) is 0. The van der Waals surface area contributed by atoms with Gasteiger partial charge in [0, 0.05) is 17.0 Å². The highest BCUT2D eigenvalue weighted by Crippen LogP contribution is 2.29. The average Bonchev–Trinajstić information content (AvgIpc) is 2.23. The van der Waals surface area contributed by atoms with E-state index in [0.717, 1.165) is 18.2 Å². The first kappa shape index (κ1) is 14.7. The third-order valence-electron chi connectivity index (χ3n) is 2.06. The Kier molecular flexibility index (Phi) is 4.94. The molecule has 4 nitrogen and oxygen atoms in total. The molecule has 1 rings (SSSR count). The normalized spacial score (nSPS) is 11.3. The van der Waals surface area contributed by atoms with Crippen molar-refractivity contribution in [3.05, 3.63) is 33.9 Å². The summed E-state index contributed by atoms with van der Waals surface area (Å²) in [6.45, 7) is 0. The summed E-state index contributed by atoms with van der Waals surface area (Å²) in [5, 5.41) is 11.3. The molecule has 18 heavy (non-hydrogen) atoms. The van der Waals surface area contributed by atoms with Gasteiger partial charge < -0.3 is 4.74 Å². The van der Waals surface area contributed by atoms with Crippen LogP contribution in [0.1, 0.15) is 12.0 Å². The number of nitrogens with zero attached hydrogens (tertiary/aromatic N) is 1. The molecule has 0 spiro atoms. The van der Waals surface area contributed by atoms with E-state index in [2.05, 4.69) is 20.7 Å². The molecular formula is C10H9BrF3NO3. The van der Waals surface area contributed by atoms with E-state index in [9.17, 15) is 23.3 Å². The maximum atomic E-state index is 12.0. The number of nitro groups is 1. The standard InChI is InChI=1S/C10H9BrF3NO3/c11-5-1-2-7-6-8(18-10(12,13)14)3-4-9(7)15(16)17/h3-4,6H,1-2,5H2. The molecule has 0 bridgehead atoms. The second-order valence-electron chi connectivity index (χ2n) is 3.39. The lowest BCUT2D eigenvalue weighted by Crippen LogP contribution is -2.17. The van der Waals surface area contributed by atoms with Gasteiger partial charge in [0.25, 0.3) is 5.69 Å². The van der Waals surface area contributed by atoms with Gasteiger partial charge in [0.05, 0.1) is 4.92 Å². The van der Waals surface area contributed by atoms with Crippen LogP contribution in [0, 0.1) is 10.1 Å². The monoisotopic (exact) mass is 327 g/mol. The zero-order chi connectivity index (χ0) is 13.8. The number of aryl methyl sites for hydroxylation is 1. The zero-order valence-corrected chi connectivity index (χ0v) is 10.6. The second-order valence-corrected chi connectivity index (χ2v) is 4.18. The molecule has 0 fully saturated rings. The number of hydrogen-bond acceptors (Lipinski definition) is 3. The summed E-state index contributed by atoms with van der Waals surface area (Å²) < 4.78 is 39.8. The lowest BCUT2D eigenvalue weighted by Gasteiger charge is -2.10. The Balaban J connectivity index is 3.01. The van der Waals surface area contributed by atoms with Crippen LogP contribution in [0.25, 0.3) is 0 Å². The Hall–Kier alpha value is -1.31. The summed E-state index contributed by atoms with van der Waals surface area (Å²) in [4.78, 5) is 10.1. The van der Waals surface area contributed by atoms with Crippen molar-refractivity contribution >= 4 is 21.6 Å². The van der Waals surface area contributed by atoms with Crippen molar-refractivity contribution in [3.63, 3.8) is 0 Å². The van der Waals surface area contributed by atoms with Crippen LogP contribution in [0.3, 0.4) is 0 Å². The van der Waals surface area contributed by atoms with Gasteiger partial charge in [0.15, 0.2) is 0 Å². The largest absolute Gasteiger partial charge is 0.573 e. The average molecular weight is 328 g/mol. The molecule has 0 saturated heterocycles. The molecule has 0 heterocycles. The molecule has 0 saturated carbocycles. The molecule has 1 aromatic carbocycles. The van der Waals surface area contributed by atoms with Crippen LogP contribution in [0.5, 0.6) is 5.75 Å². The lowest BCUT2D eigenvalue weighted by atomic mass is 10.1. The Labute approximate surface area is 109 Å². The third-order valence-corrected chi connectivity index (χ3v) is 2.62. The molecule has 0 aromatic heterocycles. The number of rotatable bonds is 5. The molecule has 0 radical (unpaired) electrons. The van der Waals surface area contributed by atoms with Gasteiger partial charge in [-0.05, 0) is 25.0 Å². The predicted octanol–water partition coefficient (Wildman–Crippen LogP) is 3.82. The van der Waals surface area contributed by atoms with E-state index in [4.69, 9.17) is 0 Å². The van der Waals surface area contributed by atoms with Crippen LogP contribution >= 0.6 is 15.9 Å². The molecule has 8 heteroatoms. The van der Waals surface area contributed by atoms with Gasteiger partial charge in [0.2, 0.25) is 0 Å². The van der Waals surface area contributed by atoms with Crippen molar-refractivity contribution in [2.45, 2.75) is 19.2 Å². The quantitative estimate of drug-likeness (QED) is 0.469. The highest BCUT2D eigenvalue weighted by atomic mass is 79.9. The van der Waals surface area contributed by atoms with Crippen LogP contribution < -0.4 is 4.74 Å². The molecule has 100 valence electrons. The van der Waals surface area contributed by atoms with E-state index in [1.54, 1.807) is 0 Å². The van der Waals surface area contributed by atoms with Gasteiger partial charge in [-0.3, -0.25) is 10.1 Å². The minimum absolute atomic E-state index is 0.203. The van der Waals surface area contributed by atoms with Crippen LogP contribution in [-0.4, -0.2) is 16.6 Å². The fourth-order valence-electron chi connectivity index (χ4n) is 1.39. The molecule has 0 atom stereocenters. The molecule has 0 N–H and O–H groups in total. The first-order chi connectivity index (χ1) is 8.33. The van der Waals surface area contributed by atoms with Crippen molar-refractivity contribution in [2.24, 2.45) is 0 Å². The topological polar surface area (TPSA) is 52.4 Å². The Morgan fingerprint density at radius 2 is 2.06 bits per heavy atom. The minimum atomic E-state index is -4.80. The fourth-order valence-corrected chi connectivity index (χ4v) is 1.67. The maximum Gasteiger partial charge on any atom is 0.573 e. The summed E-state index contributed by atoms with van der Waals surface area (Å²) in [6.07, 6.45) is -3.92. The smallest absolute Gasteiger partial charge is 0.406 e. The van der Waals surface area contributed by atoms with Crippen LogP contribution in [0.15, 0.2) is 18.2 Å². The number of ether oxygens (including phenoxy) is 1. The Morgan fingerprint density at radius 3 is 2.56 bits per heavy atom. The van der Waals surface area contributed by atoms with Crippen molar-refractivity contribution in [3.8, 4) is 5.75 Å². The van der Waals surface area contributed by atoms with Gasteiger partial charge in [-0.25, -0.2) is 0 Å². The zero-order valence-electron chi connectivity index (χ0n) is 9.04. The maximum absolute atomic E-state index is 12.0. The molecular weight excluding hydrogens is 319 g/mol. The summed E-state index contributed by atoms with van der Waals surface area (Å²) >= 11 is 3.15. The van der Waals surface area contributed by atoms with Gasteiger partial charge in [0.1, 0.15) is 5.75 Å². The fraction of sp³-hybridized carbons (Fsp3) is 0.400. The van der Waals surface area contributed by atoms with Crippen molar-refractivity contribution in [2.75, 3.05) is 5.33 Å². The molecule has 0 aliphatic rings. The highest BCUT2D eigenvalue weighted by molar-refractivity contribution is 9.09. The summed E-state index contributed by atoms with van der Waals surface area (Å²) in [6, 6.07) is 3.00. The minimum Gasteiger partial charge on any atom is -0.406 e. The first-order valence-corrected chi connectivity index (χ1v) is 6.04. The molecule has 1 aromatic rings. The highest BCUT2D eigenvalue weighted by Gasteiger charge is 2.31. The van der Waals surface area contributed by atoms with E-state index in [-0.39, 0.29) is 11.3 Å². The number of nitro benzene ring substituents is 1. The third kappa shape index (κ3) is 4.52. The molecule has 0 aliphatic carbocycles. The van der Waals surface area contributed by atoms with Gasteiger partial charge in [-0.2, -0.15) is 0 Å². The van der Waals surface area contributed by atoms with Gasteiger partial charge in [-0.15, -0.1) is 13.2 Å². The summed E-state index contributed by atoms with van der Waals surface area (Å²) in [5.74, 6) is -0.447. The Morgan fingerprint density at radius 1 is 1.39 bits per heavy atom. The van der Waals surface area contributed by atoms with E-state index >= 15 is 0 Å². The molecule has 0 aliphatic heterocycles. The van der Waals surface area contributed by atoms with Gasteiger partial charge >= 0.3 is 6.36 Å². The van der Waals surface area contributed by atoms with Crippen LogP contribution in [0.4, 0.5) is 18.9 Å². The number of hydrogen-bond donors (Lipinski definition) is 0. The van der Waals surface area contributed by atoms with Crippen molar-refractivity contribution < 1.29 is 22.8 Å². The van der Waals surface area contributed by atoms with Crippen LogP contribution in [0.2, 0.25) is 0 Å². The van der Waals surface area contributed by atoms with Crippen molar-refractivity contribution in [1.82, 2.24) is 0 Å². The molecule has 0 amide bonds. The number of alkyl halides is 4. The Bertz CT molecular complexity index is 437. The van der Waals surface area contributed by atoms with Gasteiger partial charge in [-0.1, -0.05) is 15.9 Å². The van der Waals surface area contributed by atoms with E-state index in [1.165, 1.54) is 0 Å². The SMILES string of the molecule is O=[N+]([O-])c1ccc(OC(F)(F)F)cc1CCCBr. The second kappa shape index (κ2) is 6.03. The number of benzene rings is 1. The van der Waals surface area contributed by atoms with E-state index in [0.29, 0.717) is 18.2 Å². The number of halogens is 4.